The third-order valence-corrected chi connectivity index (χ3v) is 4.02. The van der Waals surface area contributed by atoms with Crippen molar-refractivity contribution in [1.29, 1.82) is 0 Å². The van der Waals surface area contributed by atoms with Crippen LogP contribution in [0.3, 0.4) is 0 Å². The zero-order valence-corrected chi connectivity index (χ0v) is 14.8. The average Bonchev–Trinajstić information content (AvgIpc) is 3.02. The molecule has 3 rings (SSSR count). The Morgan fingerprint density at radius 3 is 2.52 bits per heavy atom. The van der Waals surface area contributed by atoms with E-state index in [0.29, 0.717) is 22.7 Å². The van der Waals surface area contributed by atoms with Crippen LogP contribution in [0.5, 0.6) is 11.5 Å². The molecular weight excluding hydrogens is 390 g/mol. The molecule has 0 radical (unpaired) electrons. The topological polar surface area (TPSA) is 89.0 Å². The predicted octanol–water partition coefficient (Wildman–Crippen LogP) is 2.90. The summed E-state index contributed by atoms with van der Waals surface area (Å²) in [6, 6.07) is 10.1. The molecule has 0 saturated heterocycles. The first-order valence-electron chi connectivity index (χ1n) is 7.33. The van der Waals surface area contributed by atoms with E-state index in [1.807, 2.05) is 0 Å². The number of nitrogens with one attached hydrogen (secondary N) is 2. The minimum Gasteiger partial charge on any atom is -0.454 e. The third-order valence-electron chi connectivity index (χ3n) is 3.33. The van der Waals surface area contributed by atoms with Gasteiger partial charge in [-0.2, -0.15) is 5.10 Å². The standard InChI is InChI=1S/C17H14BrN3O4/c1-10(22)20-13-4-2-11(3-5-13)17(23)21-19-8-12-6-15-16(7-14(12)18)25-9-24-15/h2-8H,9H2,1H3,(H,20,22)(H,21,23)/b19-8-. The number of anilines is 1. The highest BCUT2D eigenvalue weighted by molar-refractivity contribution is 9.10. The van der Waals surface area contributed by atoms with E-state index in [2.05, 4.69) is 31.8 Å². The van der Waals surface area contributed by atoms with Crippen LogP contribution in [0.1, 0.15) is 22.8 Å². The molecule has 1 aliphatic rings. The minimum absolute atomic E-state index is 0.170. The van der Waals surface area contributed by atoms with Crippen molar-refractivity contribution < 1.29 is 19.1 Å². The van der Waals surface area contributed by atoms with Crippen LogP contribution in [0.15, 0.2) is 46.0 Å². The normalized spacial score (nSPS) is 12.2. The number of rotatable bonds is 4. The quantitative estimate of drug-likeness (QED) is 0.606. The fourth-order valence-corrected chi connectivity index (χ4v) is 2.59. The second kappa shape index (κ2) is 7.35. The highest BCUT2D eigenvalue weighted by Crippen LogP contribution is 2.36. The second-order valence-corrected chi connectivity index (χ2v) is 6.04. The van der Waals surface area contributed by atoms with Gasteiger partial charge in [0.25, 0.3) is 5.91 Å². The van der Waals surface area contributed by atoms with Crippen LogP contribution in [-0.4, -0.2) is 24.8 Å². The van der Waals surface area contributed by atoms with Gasteiger partial charge >= 0.3 is 0 Å². The van der Waals surface area contributed by atoms with Gasteiger partial charge in [0.1, 0.15) is 0 Å². The molecule has 1 aliphatic heterocycles. The van der Waals surface area contributed by atoms with E-state index in [-0.39, 0.29) is 18.6 Å². The van der Waals surface area contributed by atoms with Crippen molar-refractivity contribution in [2.45, 2.75) is 6.92 Å². The fourth-order valence-electron chi connectivity index (χ4n) is 2.17. The van der Waals surface area contributed by atoms with Gasteiger partial charge in [0.15, 0.2) is 11.5 Å². The lowest BCUT2D eigenvalue weighted by Gasteiger charge is -2.04. The van der Waals surface area contributed by atoms with Crippen LogP contribution in [0.4, 0.5) is 5.69 Å². The summed E-state index contributed by atoms with van der Waals surface area (Å²) >= 11 is 3.42. The lowest BCUT2D eigenvalue weighted by Crippen LogP contribution is -2.17. The smallest absolute Gasteiger partial charge is 0.271 e. The Labute approximate surface area is 152 Å². The summed E-state index contributed by atoms with van der Waals surface area (Å²) < 4.78 is 11.4. The van der Waals surface area contributed by atoms with Crippen LogP contribution < -0.4 is 20.2 Å². The Morgan fingerprint density at radius 2 is 1.84 bits per heavy atom. The number of ether oxygens (including phenoxy) is 2. The zero-order chi connectivity index (χ0) is 17.8. The molecule has 25 heavy (non-hydrogen) atoms. The molecule has 2 N–H and O–H groups in total. The lowest BCUT2D eigenvalue weighted by atomic mass is 10.2. The van der Waals surface area contributed by atoms with Gasteiger partial charge in [-0.25, -0.2) is 5.43 Å². The second-order valence-electron chi connectivity index (χ2n) is 5.18. The third kappa shape index (κ3) is 4.16. The molecule has 128 valence electrons. The Kier molecular flexibility index (Phi) is 4.99. The molecule has 0 atom stereocenters. The summed E-state index contributed by atoms with van der Waals surface area (Å²) in [5, 5.41) is 6.59. The molecule has 0 bridgehead atoms. The van der Waals surface area contributed by atoms with Gasteiger partial charge in [0, 0.05) is 28.2 Å². The van der Waals surface area contributed by atoms with E-state index in [4.69, 9.17) is 9.47 Å². The van der Waals surface area contributed by atoms with Crippen molar-refractivity contribution in [3.8, 4) is 11.5 Å². The number of nitrogens with zero attached hydrogens (tertiary/aromatic N) is 1. The van der Waals surface area contributed by atoms with E-state index in [0.717, 1.165) is 10.0 Å². The number of carbonyl (C=O) groups is 2. The van der Waals surface area contributed by atoms with Crippen LogP contribution in [0.25, 0.3) is 0 Å². The zero-order valence-electron chi connectivity index (χ0n) is 13.2. The van der Waals surface area contributed by atoms with Crippen LogP contribution in [0.2, 0.25) is 0 Å². The maximum Gasteiger partial charge on any atom is 0.271 e. The Bertz CT molecular complexity index is 850. The van der Waals surface area contributed by atoms with Crippen molar-refractivity contribution >= 4 is 39.6 Å². The largest absolute Gasteiger partial charge is 0.454 e. The molecule has 0 spiro atoms. The molecule has 2 amide bonds. The first-order chi connectivity index (χ1) is 12.0. The van der Waals surface area contributed by atoms with Gasteiger partial charge in [-0.1, -0.05) is 0 Å². The molecule has 0 aromatic heterocycles. The molecule has 7 nitrogen and oxygen atoms in total. The Morgan fingerprint density at radius 1 is 1.16 bits per heavy atom. The Balaban J connectivity index is 1.64. The number of carbonyl (C=O) groups excluding carboxylic acids is 2. The van der Waals surface area contributed by atoms with Gasteiger partial charge in [-0.15, -0.1) is 0 Å². The van der Waals surface area contributed by atoms with Crippen molar-refractivity contribution in [1.82, 2.24) is 5.43 Å². The van der Waals surface area contributed by atoms with Crippen molar-refractivity contribution in [3.63, 3.8) is 0 Å². The number of halogens is 1. The molecular formula is C17H14BrN3O4. The van der Waals surface area contributed by atoms with Gasteiger partial charge in [-0.3, -0.25) is 9.59 Å². The van der Waals surface area contributed by atoms with Crippen LogP contribution in [-0.2, 0) is 4.79 Å². The van der Waals surface area contributed by atoms with Gasteiger partial charge < -0.3 is 14.8 Å². The fraction of sp³-hybridized carbons (Fsp3) is 0.118. The summed E-state index contributed by atoms with van der Waals surface area (Å²) in [4.78, 5) is 23.0. The molecule has 0 fully saturated rings. The molecule has 2 aromatic rings. The van der Waals surface area contributed by atoms with E-state index in [1.165, 1.54) is 13.1 Å². The van der Waals surface area contributed by atoms with Crippen molar-refractivity contribution in [3.05, 3.63) is 52.0 Å². The molecule has 0 saturated carbocycles. The van der Waals surface area contributed by atoms with Crippen molar-refractivity contribution in [2.24, 2.45) is 5.10 Å². The first kappa shape index (κ1) is 17.0. The summed E-state index contributed by atoms with van der Waals surface area (Å²) in [6.45, 7) is 1.61. The maximum atomic E-state index is 12.1. The molecule has 8 heteroatoms. The number of hydrogen-bond acceptors (Lipinski definition) is 5. The number of hydrogen-bond donors (Lipinski definition) is 2. The first-order valence-corrected chi connectivity index (χ1v) is 8.12. The minimum atomic E-state index is -0.359. The summed E-state index contributed by atoms with van der Waals surface area (Å²) in [7, 11) is 0. The number of fused-ring (bicyclic) bond motifs is 1. The molecule has 2 aromatic carbocycles. The SMILES string of the molecule is CC(=O)Nc1ccc(C(=O)N/N=C\c2cc3c(cc2Br)OCO3)cc1. The van der Waals surface area contributed by atoms with Crippen LogP contribution >= 0.6 is 15.9 Å². The highest BCUT2D eigenvalue weighted by Gasteiger charge is 2.15. The summed E-state index contributed by atoms with van der Waals surface area (Å²) in [6.07, 6.45) is 1.51. The highest BCUT2D eigenvalue weighted by atomic mass is 79.9. The van der Waals surface area contributed by atoms with E-state index in [1.54, 1.807) is 36.4 Å². The number of hydrazone groups is 1. The molecule has 0 unspecified atom stereocenters. The van der Waals surface area contributed by atoms with E-state index in [9.17, 15) is 9.59 Å². The lowest BCUT2D eigenvalue weighted by molar-refractivity contribution is -0.114. The molecule has 0 aliphatic carbocycles. The number of amides is 2. The molecule has 1 heterocycles. The number of benzene rings is 2. The maximum absolute atomic E-state index is 12.1. The van der Waals surface area contributed by atoms with Gasteiger partial charge in [-0.05, 0) is 52.3 Å². The van der Waals surface area contributed by atoms with Crippen molar-refractivity contribution in [2.75, 3.05) is 12.1 Å². The summed E-state index contributed by atoms with van der Waals surface area (Å²) in [5.74, 6) is 0.760. The average molecular weight is 404 g/mol. The van der Waals surface area contributed by atoms with E-state index < -0.39 is 0 Å². The monoisotopic (exact) mass is 403 g/mol. The predicted molar refractivity (Wildman–Crippen MR) is 96.1 cm³/mol. The van der Waals surface area contributed by atoms with E-state index >= 15 is 0 Å². The summed E-state index contributed by atoms with van der Waals surface area (Å²) in [5.41, 5.74) is 4.24. The van der Waals surface area contributed by atoms with Gasteiger partial charge in [0.05, 0.1) is 6.21 Å². The Hall–Kier alpha value is -2.87. The van der Waals surface area contributed by atoms with Crippen LogP contribution in [0, 0.1) is 0 Å². The van der Waals surface area contributed by atoms with Gasteiger partial charge in [0.2, 0.25) is 12.7 Å².